The predicted molar refractivity (Wildman–Crippen MR) is 62.5 cm³/mol. The molecule has 0 aliphatic rings. The van der Waals surface area contributed by atoms with Gasteiger partial charge < -0.3 is 9.22 Å². The minimum atomic E-state index is 0.755. The summed E-state index contributed by atoms with van der Waals surface area (Å²) < 4.78 is 7.61. The molecule has 2 nitrogen and oxygen atoms in total. The fourth-order valence-electron chi connectivity index (χ4n) is 0.968. The van der Waals surface area contributed by atoms with E-state index in [0.717, 1.165) is 27.9 Å². The lowest BCUT2D eigenvalue weighted by atomic mass is 10.3. The van der Waals surface area contributed by atoms with Crippen molar-refractivity contribution in [3.05, 3.63) is 28.7 Å². The van der Waals surface area contributed by atoms with Crippen LogP contribution in [0, 0.1) is 0 Å². The van der Waals surface area contributed by atoms with Crippen LogP contribution >= 0.6 is 15.9 Å². The molecular weight excluding hydrogens is 242 g/mol. The maximum atomic E-state index is 5.60. The Balaban J connectivity index is 2.35. The summed E-state index contributed by atoms with van der Waals surface area (Å²) in [5, 5.41) is 0. The Morgan fingerprint density at radius 2 is 1.71 bits per heavy atom. The molecule has 0 heterocycles. The van der Waals surface area contributed by atoms with E-state index in [0.29, 0.717) is 0 Å². The molecule has 3 heteroatoms. The molecule has 0 amide bonds. The van der Waals surface area contributed by atoms with Gasteiger partial charge in [-0.2, -0.15) is 0 Å². The molecule has 0 N–H and O–H groups in total. The second kappa shape index (κ2) is 4.80. The molecule has 0 unspecified atom stereocenters. The van der Waals surface area contributed by atoms with Gasteiger partial charge in [0.15, 0.2) is 0 Å². The summed E-state index contributed by atoms with van der Waals surface area (Å²) in [5.74, 6) is 0.932. The van der Waals surface area contributed by atoms with Gasteiger partial charge in [0.2, 0.25) is 0 Å². The summed E-state index contributed by atoms with van der Waals surface area (Å²) in [7, 11) is 6.47. The van der Waals surface area contributed by atoms with E-state index in [4.69, 9.17) is 4.74 Å². The highest BCUT2D eigenvalue weighted by Crippen LogP contribution is 2.15. The highest BCUT2D eigenvalue weighted by Gasteiger charge is 2.06. The van der Waals surface area contributed by atoms with E-state index in [-0.39, 0.29) is 0 Å². The number of hydrogen-bond acceptors (Lipinski definition) is 1. The monoisotopic (exact) mass is 258 g/mol. The first-order valence-electron chi connectivity index (χ1n) is 4.66. The second-order valence-electron chi connectivity index (χ2n) is 4.32. The third kappa shape index (κ3) is 4.63. The lowest BCUT2D eigenvalue weighted by Gasteiger charge is -2.23. The maximum absolute atomic E-state index is 5.60. The Morgan fingerprint density at radius 1 is 1.14 bits per heavy atom. The zero-order valence-corrected chi connectivity index (χ0v) is 10.5. The van der Waals surface area contributed by atoms with Crippen LogP contribution in [-0.2, 0) is 0 Å². The van der Waals surface area contributed by atoms with Crippen molar-refractivity contribution < 1.29 is 9.22 Å². The Morgan fingerprint density at radius 3 is 2.21 bits per heavy atom. The fourth-order valence-corrected chi connectivity index (χ4v) is 1.23. The highest BCUT2D eigenvalue weighted by molar-refractivity contribution is 9.10. The standard InChI is InChI=1S/C11H17BrNO/c1-13(2,3)8-9-14-11-6-4-10(12)5-7-11/h4-7H,8-9H2,1-3H3/q+1. The molecule has 0 aromatic heterocycles. The van der Waals surface area contributed by atoms with E-state index in [1.165, 1.54) is 0 Å². The molecule has 0 saturated carbocycles. The number of ether oxygens (including phenoxy) is 1. The first-order chi connectivity index (χ1) is 6.47. The average Bonchev–Trinajstić information content (AvgIpc) is 2.06. The summed E-state index contributed by atoms with van der Waals surface area (Å²) >= 11 is 3.39. The van der Waals surface area contributed by atoms with Crippen molar-refractivity contribution in [2.24, 2.45) is 0 Å². The van der Waals surface area contributed by atoms with Gasteiger partial charge in [-0.1, -0.05) is 15.9 Å². The zero-order chi connectivity index (χ0) is 10.6. The van der Waals surface area contributed by atoms with Gasteiger partial charge in [0, 0.05) is 4.47 Å². The van der Waals surface area contributed by atoms with Crippen molar-refractivity contribution in [2.75, 3.05) is 34.3 Å². The summed E-state index contributed by atoms with van der Waals surface area (Å²) in [6.07, 6.45) is 0. The molecule has 78 valence electrons. The minimum absolute atomic E-state index is 0.755. The molecule has 0 aliphatic heterocycles. The molecular formula is C11H17BrNO+. The fraction of sp³-hybridized carbons (Fsp3) is 0.455. The maximum Gasteiger partial charge on any atom is 0.137 e. The van der Waals surface area contributed by atoms with Gasteiger partial charge >= 0.3 is 0 Å². The van der Waals surface area contributed by atoms with Crippen LogP contribution in [0.2, 0.25) is 0 Å². The Hall–Kier alpha value is -0.540. The van der Waals surface area contributed by atoms with Crippen molar-refractivity contribution in [1.29, 1.82) is 0 Å². The number of likely N-dealkylation sites (N-methyl/N-ethyl adjacent to an activating group) is 1. The largest absolute Gasteiger partial charge is 0.488 e. The van der Waals surface area contributed by atoms with Crippen LogP contribution in [0.4, 0.5) is 0 Å². The molecule has 0 aliphatic carbocycles. The van der Waals surface area contributed by atoms with E-state index in [9.17, 15) is 0 Å². The van der Waals surface area contributed by atoms with E-state index in [1.54, 1.807) is 0 Å². The van der Waals surface area contributed by atoms with Crippen molar-refractivity contribution in [3.63, 3.8) is 0 Å². The average molecular weight is 259 g/mol. The van der Waals surface area contributed by atoms with E-state index in [2.05, 4.69) is 37.1 Å². The number of quaternary nitrogens is 1. The number of halogens is 1. The first-order valence-corrected chi connectivity index (χ1v) is 5.45. The smallest absolute Gasteiger partial charge is 0.137 e. The quantitative estimate of drug-likeness (QED) is 0.755. The Labute approximate surface area is 94.2 Å². The summed E-state index contributed by atoms with van der Waals surface area (Å²) in [4.78, 5) is 0. The van der Waals surface area contributed by atoms with Crippen LogP contribution in [-0.4, -0.2) is 38.8 Å². The van der Waals surface area contributed by atoms with Crippen LogP contribution in [0.25, 0.3) is 0 Å². The topological polar surface area (TPSA) is 9.23 Å². The molecule has 0 saturated heterocycles. The van der Waals surface area contributed by atoms with E-state index < -0.39 is 0 Å². The highest BCUT2D eigenvalue weighted by atomic mass is 79.9. The first kappa shape index (κ1) is 11.5. The molecule has 14 heavy (non-hydrogen) atoms. The minimum Gasteiger partial charge on any atom is -0.488 e. The van der Waals surface area contributed by atoms with Gasteiger partial charge in [0.1, 0.15) is 18.9 Å². The van der Waals surface area contributed by atoms with Crippen molar-refractivity contribution in [3.8, 4) is 5.75 Å². The summed E-state index contributed by atoms with van der Waals surface area (Å²) in [6, 6.07) is 7.92. The normalized spacial score (nSPS) is 11.4. The molecule has 1 aromatic rings. The molecule has 0 atom stereocenters. The SMILES string of the molecule is C[N+](C)(C)CCOc1ccc(Br)cc1. The molecule has 0 bridgehead atoms. The van der Waals surface area contributed by atoms with Gasteiger partial charge in [0.25, 0.3) is 0 Å². The van der Waals surface area contributed by atoms with Gasteiger partial charge in [0.05, 0.1) is 21.1 Å². The number of hydrogen-bond donors (Lipinski definition) is 0. The molecule has 0 spiro atoms. The Bertz CT molecular complexity index is 276. The van der Waals surface area contributed by atoms with Crippen LogP contribution in [0.3, 0.4) is 0 Å². The number of rotatable bonds is 4. The number of benzene rings is 1. The van der Waals surface area contributed by atoms with E-state index in [1.807, 2.05) is 24.3 Å². The third-order valence-electron chi connectivity index (χ3n) is 1.84. The molecule has 1 rings (SSSR count). The van der Waals surface area contributed by atoms with E-state index >= 15 is 0 Å². The lowest BCUT2D eigenvalue weighted by molar-refractivity contribution is -0.870. The predicted octanol–water partition coefficient (Wildman–Crippen LogP) is 2.53. The van der Waals surface area contributed by atoms with Crippen molar-refractivity contribution in [1.82, 2.24) is 0 Å². The summed E-state index contributed by atoms with van der Waals surface area (Å²) in [5.41, 5.74) is 0. The third-order valence-corrected chi connectivity index (χ3v) is 2.37. The molecule has 1 aromatic carbocycles. The van der Waals surface area contributed by atoms with Gasteiger partial charge in [-0.15, -0.1) is 0 Å². The molecule has 0 fully saturated rings. The Kier molecular flexibility index (Phi) is 3.96. The second-order valence-corrected chi connectivity index (χ2v) is 5.23. The zero-order valence-electron chi connectivity index (χ0n) is 8.96. The van der Waals surface area contributed by atoms with Crippen LogP contribution in [0.1, 0.15) is 0 Å². The number of nitrogens with zero attached hydrogens (tertiary/aromatic N) is 1. The molecule has 0 radical (unpaired) electrons. The summed E-state index contributed by atoms with van der Waals surface area (Å²) in [6.45, 7) is 1.77. The van der Waals surface area contributed by atoms with Crippen LogP contribution < -0.4 is 4.74 Å². The van der Waals surface area contributed by atoms with Crippen molar-refractivity contribution in [2.45, 2.75) is 0 Å². The van der Waals surface area contributed by atoms with Gasteiger partial charge in [-0.05, 0) is 24.3 Å². The van der Waals surface area contributed by atoms with Gasteiger partial charge in [-0.25, -0.2) is 0 Å². The van der Waals surface area contributed by atoms with Crippen LogP contribution in [0.5, 0.6) is 5.75 Å². The van der Waals surface area contributed by atoms with Crippen molar-refractivity contribution >= 4 is 15.9 Å². The van der Waals surface area contributed by atoms with Crippen LogP contribution in [0.15, 0.2) is 28.7 Å². The van der Waals surface area contributed by atoms with Gasteiger partial charge in [-0.3, -0.25) is 0 Å². The lowest BCUT2D eigenvalue weighted by Crippen LogP contribution is -2.38.